The lowest BCUT2D eigenvalue weighted by molar-refractivity contribution is -0.288. The maximum atomic E-state index is 12.7. The van der Waals surface area contributed by atoms with Gasteiger partial charge in [-0.3, -0.25) is 24.0 Å². The van der Waals surface area contributed by atoms with Crippen LogP contribution in [0.4, 0.5) is 0 Å². The number of carbonyl (C=O) groups excluding carboxylic acids is 5. The molecule has 1 N–H and O–H groups in total. The zero-order valence-electron chi connectivity index (χ0n) is 25.0. The Morgan fingerprint density at radius 2 is 1.33 bits per heavy atom. The second kappa shape index (κ2) is 15.1. The minimum absolute atomic E-state index is 0.215. The summed E-state index contributed by atoms with van der Waals surface area (Å²) in [5.74, 6) is -2.75. The number of rotatable bonds is 11. The third-order valence-corrected chi connectivity index (χ3v) is 6.55. The van der Waals surface area contributed by atoms with E-state index >= 15 is 0 Å². The highest BCUT2D eigenvalue weighted by Crippen LogP contribution is 2.31. The first-order chi connectivity index (χ1) is 20.4. The van der Waals surface area contributed by atoms with E-state index in [1.165, 1.54) is 6.92 Å². The molecule has 0 saturated carbocycles. The smallest absolute Gasteiger partial charge is 0.303 e. The number of hydrogen-bond donors (Lipinski definition) is 1. The van der Waals surface area contributed by atoms with Crippen molar-refractivity contribution in [3.8, 4) is 5.75 Å². The zero-order valence-corrected chi connectivity index (χ0v) is 25.0. The summed E-state index contributed by atoms with van der Waals surface area (Å²) in [5.41, 5.74) is 2.47. The molecule has 3 rings (SSSR count). The molecular weight excluding hydrogens is 562 g/mol. The van der Waals surface area contributed by atoms with Gasteiger partial charge >= 0.3 is 23.9 Å². The second-order valence-electron chi connectivity index (χ2n) is 10.0. The van der Waals surface area contributed by atoms with E-state index in [2.05, 4.69) is 5.32 Å². The van der Waals surface area contributed by atoms with Gasteiger partial charge in [-0.25, -0.2) is 0 Å². The van der Waals surface area contributed by atoms with Crippen molar-refractivity contribution in [1.82, 2.24) is 5.32 Å². The Balaban J connectivity index is 1.81. The van der Waals surface area contributed by atoms with E-state index in [4.69, 9.17) is 28.4 Å². The first kappa shape index (κ1) is 33.1. The van der Waals surface area contributed by atoms with Crippen molar-refractivity contribution in [2.75, 3.05) is 6.61 Å². The van der Waals surface area contributed by atoms with Crippen LogP contribution in [-0.2, 0) is 49.3 Å². The predicted octanol–water partition coefficient (Wildman–Crippen LogP) is 3.20. The molecule has 1 aliphatic rings. The third-order valence-electron chi connectivity index (χ3n) is 6.55. The van der Waals surface area contributed by atoms with E-state index in [9.17, 15) is 24.0 Å². The fourth-order valence-electron chi connectivity index (χ4n) is 4.51. The van der Waals surface area contributed by atoms with Crippen LogP contribution in [0.25, 0.3) is 0 Å². The normalized spacial score (nSPS) is 22.0. The lowest BCUT2D eigenvalue weighted by Gasteiger charge is -2.43. The van der Waals surface area contributed by atoms with Crippen LogP contribution in [0.5, 0.6) is 5.75 Å². The number of esters is 4. The summed E-state index contributed by atoms with van der Waals surface area (Å²) in [6.07, 6.45) is -5.58. The molecule has 0 radical (unpaired) electrons. The summed E-state index contributed by atoms with van der Waals surface area (Å²) in [7, 11) is 0. The Morgan fingerprint density at radius 1 is 0.767 bits per heavy atom. The second-order valence-corrected chi connectivity index (χ2v) is 10.0. The number of carbonyl (C=O) groups is 5. The van der Waals surface area contributed by atoms with Gasteiger partial charge in [0.25, 0.3) is 5.91 Å². The molecule has 5 unspecified atom stereocenters. The van der Waals surface area contributed by atoms with Gasteiger partial charge in [0.1, 0.15) is 18.5 Å². The summed E-state index contributed by atoms with van der Waals surface area (Å²) in [5, 5.41) is 2.96. The van der Waals surface area contributed by atoms with Crippen LogP contribution in [0.1, 0.15) is 69.1 Å². The quantitative estimate of drug-likeness (QED) is 0.299. The fraction of sp³-hybridized carbons (Fsp3) is 0.452. The van der Waals surface area contributed by atoms with Crippen molar-refractivity contribution >= 4 is 29.8 Å². The van der Waals surface area contributed by atoms with Crippen molar-refractivity contribution in [2.24, 2.45) is 0 Å². The van der Waals surface area contributed by atoms with Crippen LogP contribution < -0.4 is 10.1 Å². The summed E-state index contributed by atoms with van der Waals surface area (Å²) in [6, 6.07) is 13.8. The zero-order chi connectivity index (χ0) is 31.7. The molecule has 12 nitrogen and oxygen atoms in total. The van der Waals surface area contributed by atoms with Crippen molar-refractivity contribution < 1.29 is 52.4 Å². The lowest BCUT2D eigenvalue weighted by atomic mass is 9.98. The van der Waals surface area contributed by atoms with Crippen LogP contribution in [0.3, 0.4) is 0 Å². The molecule has 12 heteroatoms. The maximum absolute atomic E-state index is 12.7. The minimum Gasteiger partial charge on any atom is -0.463 e. The van der Waals surface area contributed by atoms with Crippen LogP contribution >= 0.6 is 0 Å². The van der Waals surface area contributed by atoms with Gasteiger partial charge < -0.3 is 33.7 Å². The van der Waals surface area contributed by atoms with Gasteiger partial charge in [0, 0.05) is 33.3 Å². The summed E-state index contributed by atoms with van der Waals surface area (Å²) < 4.78 is 33.3. The van der Waals surface area contributed by atoms with E-state index in [0.717, 1.165) is 38.3 Å². The summed E-state index contributed by atoms with van der Waals surface area (Å²) >= 11 is 0. The summed E-state index contributed by atoms with van der Waals surface area (Å²) in [4.78, 5) is 60.2. The molecule has 1 saturated heterocycles. The average Bonchev–Trinajstić information content (AvgIpc) is 2.94. The monoisotopic (exact) mass is 599 g/mol. The van der Waals surface area contributed by atoms with Crippen molar-refractivity contribution in [1.29, 1.82) is 0 Å². The molecule has 1 heterocycles. The fourth-order valence-corrected chi connectivity index (χ4v) is 4.51. The first-order valence-corrected chi connectivity index (χ1v) is 13.8. The molecule has 0 bridgehead atoms. The Kier molecular flexibility index (Phi) is 11.6. The number of nitrogens with one attached hydrogen (secondary N) is 1. The molecule has 1 fully saturated rings. The number of aryl methyl sites for hydroxylation is 1. The molecule has 6 atom stereocenters. The topological polar surface area (TPSA) is 153 Å². The van der Waals surface area contributed by atoms with Crippen LogP contribution in [0.2, 0.25) is 0 Å². The Morgan fingerprint density at radius 3 is 1.86 bits per heavy atom. The van der Waals surface area contributed by atoms with Crippen molar-refractivity contribution in [3.63, 3.8) is 0 Å². The van der Waals surface area contributed by atoms with Gasteiger partial charge in [0.15, 0.2) is 12.2 Å². The van der Waals surface area contributed by atoms with Gasteiger partial charge in [0.2, 0.25) is 12.4 Å². The van der Waals surface area contributed by atoms with Crippen LogP contribution in [0.15, 0.2) is 48.5 Å². The largest absolute Gasteiger partial charge is 0.463 e. The first-order valence-electron chi connectivity index (χ1n) is 13.8. The standard InChI is InChI=1S/C31H37NO11/c1-7-22-8-10-24(11-9-22)30(37)32-17(2)23-12-14-25(15-13-23)42-31-29(41-21(6)36)28(40-20(5)35)27(39-19(4)34)26(43-31)16-38-18(3)33/h8-15,17,26-29,31H,7,16H2,1-6H3,(H,32,37)/t17-,26?,27?,28?,29?,31?/m1/s1. The highest BCUT2D eigenvalue weighted by atomic mass is 16.7. The molecule has 1 aliphatic heterocycles. The number of amides is 1. The number of benzene rings is 2. The summed E-state index contributed by atoms with van der Waals surface area (Å²) in [6.45, 7) is 8.14. The van der Waals surface area contributed by atoms with E-state index < -0.39 is 54.6 Å². The van der Waals surface area contributed by atoms with Crippen molar-refractivity contribution in [3.05, 3.63) is 65.2 Å². The molecular formula is C31H37NO11. The number of ether oxygens (including phenoxy) is 6. The van der Waals surface area contributed by atoms with Crippen molar-refractivity contribution in [2.45, 2.75) is 84.7 Å². The molecule has 43 heavy (non-hydrogen) atoms. The molecule has 0 aromatic heterocycles. The third kappa shape index (κ3) is 9.53. The SMILES string of the molecule is CCc1ccc(C(=O)N[C@H](C)c2ccc(OC3OC(COC(C)=O)C(OC(C)=O)C(OC(C)=O)C3OC(C)=O)cc2)cc1. The highest BCUT2D eigenvalue weighted by molar-refractivity contribution is 5.94. The Labute approximate surface area is 249 Å². The number of hydrogen-bond acceptors (Lipinski definition) is 11. The molecule has 2 aromatic carbocycles. The van der Waals surface area contributed by atoms with Gasteiger partial charge in [-0.2, -0.15) is 0 Å². The minimum atomic E-state index is -1.35. The molecule has 232 valence electrons. The molecule has 0 spiro atoms. The van der Waals surface area contributed by atoms with E-state index in [1.807, 2.05) is 26.0 Å². The van der Waals surface area contributed by atoms with E-state index in [-0.39, 0.29) is 18.6 Å². The highest BCUT2D eigenvalue weighted by Gasteiger charge is 2.53. The van der Waals surface area contributed by atoms with Gasteiger partial charge in [-0.1, -0.05) is 31.2 Å². The Bertz CT molecular complexity index is 1290. The van der Waals surface area contributed by atoms with E-state index in [0.29, 0.717) is 11.3 Å². The van der Waals surface area contributed by atoms with Crippen LogP contribution in [-0.4, -0.2) is 67.1 Å². The maximum Gasteiger partial charge on any atom is 0.303 e. The van der Waals surface area contributed by atoms with Gasteiger partial charge in [0.05, 0.1) is 6.04 Å². The van der Waals surface area contributed by atoms with Crippen LogP contribution in [0, 0.1) is 0 Å². The Hall–Kier alpha value is -4.45. The average molecular weight is 600 g/mol. The van der Waals surface area contributed by atoms with Gasteiger partial charge in [-0.05, 0) is 48.7 Å². The van der Waals surface area contributed by atoms with Gasteiger partial charge in [-0.15, -0.1) is 0 Å². The molecule has 1 amide bonds. The molecule has 2 aromatic rings. The lowest BCUT2D eigenvalue weighted by Crippen LogP contribution is -2.63. The molecule has 0 aliphatic carbocycles. The van der Waals surface area contributed by atoms with E-state index in [1.54, 1.807) is 36.4 Å². The predicted molar refractivity (Wildman–Crippen MR) is 151 cm³/mol.